The Bertz CT molecular complexity index is 2590. The van der Waals surface area contributed by atoms with Gasteiger partial charge in [0.15, 0.2) is 0 Å². The van der Waals surface area contributed by atoms with E-state index in [0.29, 0.717) is 11.8 Å². The van der Waals surface area contributed by atoms with Crippen LogP contribution >= 0.6 is 0 Å². The maximum Gasteiger partial charge on any atom is 0.0584 e. The second-order valence-corrected chi connectivity index (χ2v) is 16.6. The van der Waals surface area contributed by atoms with Gasteiger partial charge in [-0.15, -0.1) is 0 Å². The van der Waals surface area contributed by atoms with E-state index in [-0.39, 0.29) is 5.41 Å². The maximum absolute atomic E-state index is 2.64. The van der Waals surface area contributed by atoms with Crippen LogP contribution in [0.1, 0.15) is 43.2 Å². The van der Waals surface area contributed by atoms with E-state index in [2.05, 4.69) is 179 Å². The van der Waals surface area contributed by atoms with Crippen molar-refractivity contribution in [2.45, 2.75) is 37.5 Å². The minimum absolute atomic E-state index is 0.0165. The van der Waals surface area contributed by atoms with Crippen molar-refractivity contribution >= 4 is 38.9 Å². The number of hydrogen-bond acceptors (Lipinski definition) is 1. The maximum atomic E-state index is 2.64. The van der Waals surface area contributed by atoms with Crippen LogP contribution in [0.25, 0.3) is 49.7 Å². The molecule has 2 nitrogen and oxygen atoms in total. The number of nitrogens with zero attached hydrogens (tertiary/aromatic N) is 2. The first kappa shape index (κ1) is 30.6. The molecule has 4 saturated carbocycles. The highest BCUT2D eigenvalue weighted by Gasteiger charge is 2.61. The Hall–Kier alpha value is -5.86. The summed E-state index contributed by atoms with van der Waals surface area (Å²) in [5.41, 5.74) is 15.8. The molecule has 1 aliphatic heterocycles. The van der Waals surface area contributed by atoms with Gasteiger partial charge >= 0.3 is 0 Å². The lowest BCUT2D eigenvalue weighted by atomic mass is 9.41. The molecule has 4 bridgehead atoms. The minimum atomic E-state index is 0.0165. The summed E-state index contributed by atoms with van der Waals surface area (Å²) in [5.74, 6) is 3.12. The number of benzene rings is 7. The number of anilines is 3. The van der Waals surface area contributed by atoms with Crippen molar-refractivity contribution in [1.29, 1.82) is 0 Å². The molecule has 4 aliphatic carbocycles. The van der Waals surface area contributed by atoms with Gasteiger partial charge in [0.2, 0.25) is 0 Å². The first-order valence-corrected chi connectivity index (χ1v) is 20.0. The monoisotopic (exact) mass is 694 g/mol. The molecule has 0 unspecified atom stereocenters. The van der Waals surface area contributed by atoms with Crippen LogP contribution in [0.5, 0.6) is 0 Å². The summed E-state index contributed by atoms with van der Waals surface area (Å²) in [6.07, 6.45) is 6.89. The first-order chi connectivity index (χ1) is 26.7. The van der Waals surface area contributed by atoms with Gasteiger partial charge in [0.1, 0.15) is 0 Å². The van der Waals surface area contributed by atoms with E-state index in [9.17, 15) is 0 Å². The Balaban J connectivity index is 1.13. The lowest BCUT2D eigenvalue weighted by Gasteiger charge is -2.63. The van der Waals surface area contributed by atoms with Crippen LogP contribution in [0, 0.1) is 23.7 Å². The van der Waals surface area contributed by atoms with Gasteiger partial charge in [-0.3, -0.25) is 0 Å². The van der Waals surface area contributed by atoms with Crippen molar-refractivity contribution in [3.63, 3.8) is 0 Å². The zero-order valence-electron chi connectivity index (χ0n) is 30.4. The Morgan fingerprint density at radius 3 is 1.56 bits per heavy atom. The summed E-state index contributed by atoms with van der Waals surface area (Å²) < 4.78 is 2.63. The van der Waals surface area contributed by atoms with Crippen LogP contribution in [-0.2, 0) is 5.41 Å². The predicted molar refractivity (Wildman–Crippen MR) is 224 cm³/mol. The Morgan fingerprint density at radius 2 is 0.944 bits per heavy atom. The van der Waals surface area contributed by atoms with Crippen LogP contribution < -0.4 is 4.90 Å². The highest BCUT2D eigenvalue weighted by Crippen LogP contribution is 2.68. The van der Waals surface area contributed by atoms with Gasteiger partial charge in [-0.25, -0.2) is 0 Å². The summed E-state index contributed by atoms with van der Waals surface area (Å²) in [4.78, 5) is 2.52. The summed E-state index contributed by atoms with van der Waals surface area (Å²) >= 11 is 0. The molecule has 2 heteroatoms. The van der Waals surface area contributed by atoms with Crippen molar-refractivity contribution in [1.82, 2.24) is 4.57 Å². The topological polar surface area (TPSA) is 8.17 Å². The van der Waals surface area contributed by atoms with Crippen molar-refractivity contribution in [3.05, 3.63) is 181 Å². The third kappa shape index (κ3) is 4.28. The second-order valence-electron chi connectivity index (χ2n) is 16.6. The molecule has 0 N–H and O–H groups in total. The van der Waals surface area contributed by atoms with Crippen molar-refractivity contribution in [3.8, 4) is 27.9 Å². The average molecular weight is 695 g/mol. The number of aromatic nitrogens is 1. The van der Waals surface area contributed by atoms with Crippen LogP contribution in [0.3, 0.4) is 0 Å². The molecule has 0 saturated heterocycles. The third-order valence-corrected chi connectivity index (χ3v) is 13.9. The van der Waals surface area contributed by atoms with Crippen LogP contribution in [-0.4, -0.2) is 4.57 Å². The zero-order chi connectivity index (χ0) is 35.4. The first-order valence-electron chi connectivity index (χ1n) is 20.0. The van der Waals surface area contributed by atoms with Crippen molar-refractivity contribution in [2.75, 3.05) is 4.90 Å². The zero-order valence-corrected chi connectivity index (χ0v) is 30.4. The normalized spacial score (nSPS) is 23.3. The van der Waals surface area contributed by atoms with Crippen LogP contribution in [0.15, 0.2) is 170 Å². The fourth-order valence-corrected chi connectivity index (χ4v) is 12.1. The van der Waals surface area contributed by atoms with Crippen molar-refractivity contribution in [2.24, 2.45) is 23.7 Å². The summed E-state index contributed by atoms with van der Waals surface area (Å²) in [6, 6.07) is 63.7. The quantitative estimate of drug-likeness (QED) is 0.174. The third-order valence-electron chi connectivity index (χ3n) is 13.9. The molecule has 1 spiro atoms. The molecule has 0 atom stereocenters. The van der Waals surface area contributed by atoms with E-state index in [1.165, 1.54) is 98.9 Å². The number of para-hydroxylation sites is 2. The van der Waals surface area contributed by atoms with E-state index in [0.717, 1.165) is 11.8 Å². The van der Waals surface area contributed by atoms with Gasteiger partial charge in [-0.2, -0.15) is 0 Å². The number of rotatable bonds is 5. The molecular weight excluding hydrogens is 653 g/mol. The standard InChI is InChI=1S/C52H42N2/c1-3-11-36(12-4-1)38-19-23-42(24-20-38)53(43-25-21-39(22-26-43)37-13-5-2-6-14-37)44-32-46-45-15-7-9-17-49(45)54-50-18-10-8-16-47(50)52(48(33-44)51(46)54)40-28-34-27-35(30-40)31-41(52)29-34/h1-26,32-35,40-41H,27-31H2. The van der Waals surface area contributed by atoms with E-state index in [1.807, 2.05) is 0 Å². The largest absolute Gasteiger partial charge is 0.310 e. The fourth-order valence-electron chi connectivity index (χ4n) is 12.1. The Kier molecular flexibility index (Phi) is 6.55. The SMILES string of the molecule is c1ccc(-c2ccc(N(c3ccc(-c4ccccc4)cc3)c3cc4c5c(c3)c3ccccc3n5-c3ccccc3C43C4CC5CC(C4)CC3C5)cc2)cc1. The fraction of sp³-hybridized carbons (Fsp3) is 0.192. The molecule has 5 aliphatic rings. The van der Waals surface area contributed by atoms with Gasteiger partial charge in [-0.05, 0) is 138 Å². The summed E-state index contributed by atoms with van der Waals surface area (Å²) in [5, 5.41) is 2.71. The predicted octanol–water partition coefficient (Wildman–Crippen LogP) is 13.6. The Labute approximate surface area is 317 Å². The average Bonchev–Trinajstić information content (AvgIpc) is 3.56. The molecule has 8 aromatic rings. The lowest BCUT2D eigenvalue weighted by molar-refractivity contribution is -0.0418. The van der Waals surface area contributed by atoms with Crippen molar-refractivity contribution < 1.29 is 0 Å². The Morgan fingerprint density at radius 1 is 0.426 bits per heavy atom. The number of hydrogen-bond donors (Lipinski definition) is 0. The van der Waals surface area contributed by atoms with Gasteiger partial charge in [0, 0.05) is 33.2 Å². The molecule has 7 aromatic carbocycles. The molecule has 13 rings (SSSR count). The molecule has 4 fully saturated rings. The molecule has 0 amide bonds. The number of fused-ring (bicyclic) bond motifs is 5. The van der Waals surface area contributed by atoms with E-state index in [1.54, 1.807) is 11.1 Å². The molecule has 0 radical (unpaired) electrons. The van der Waals surface area contributed by atoms with Crippen LogP contribution in [0.2, 0.25) is 0 Å². The van der Waals surface area contributed by atoms with E-state index in [4.69, 9.17) is 0 Å². The van der Waals surface area contributed by atoms with Gasteiger partial charge in [0.25, 0.3) is 0 Å². The highest BCUT2D eigenvalue weighted by molar-refractivity contribution is 6.13. The summed E-state index contributed by atoms with van der Waals surface area (Å²) in [7, 11) is 0. The molecule has 1 aromatic heterocycles. The van der Waals surface area contributed by atoms with Gasteiger partial charge in [-0.1, -0.05) is 121 Å². The van der Waals surface area contributed by atoms with Gasteiger partial charge < -0.3 is 9.47 Å². The van der Waals surface area contributed by atoms with Crippen LogP contribution in [0.4, 0.5) is 17.1 Å². The van der Waals surface area contributed by atoms with E-state index >= 15 is 0 Å². The molecule has 2 heterocycles. The van der Waals surface area contributed by atoms with Gasteiger partial charge in [0.05, 0.1) is 16.7 Å². The molecule has 54 heavy (non-hydrogen) atoms. The molecule has 260 valence electrons. The second kappa shape index (κ2) is 11.6. The smallest absolute Gasteiger partial charge is 0.0584 e. The summed E-state index contributed by atoms with van der Waals surface area (Å²) in [6.45, 7) is 0. The highest BCUT2D eigenvalue weighted by atomic mass is 15.1. The minimum Gasteiger partial charge on any atom is -0.310 e. The molecular formula is C52H42N2. The van der Waals surface area contributed by atoms with E-state index < -0.39 is 0 Å². The lowest BCUT2D eigenvalue weighted by Crippen LogP contribution is -2.57.